The molecule has 31 heavy (non-hydrogen) atoms. The molecule has 0 atom stereocenters. The minimum absolute atomic E-state index is 0.231. The number of sulfonamides is 1. The Hall–Kier alpha value is -3.59. The number of anilines is 1. The van der Waals surface area contributed by atoms with E-state index in [1.807, 2.05) is 30.3 Å². The second-order valence-electron chi connectivity index (χ2n) is 7.32. The van der Waals surface area contributed by atoms with Crippen LogP contribution in [0.5, 0.6) is 5.88 Å². The highest BCUT2D eigenvalue weighted by atomic mass is 32.2. The van der Waals surface area contributed by atoms with E-state index in [-0.39, 0.29) is 11.1 Å². The van der Waals surface area contributed by atoms with Crippen LogP contribution in [-0.2, 0) is 10.0 Å². The number of pyridine rings is 2. The average molecular weight is 433 g/mol. The smallest absolute Gasteiger partial charge is 0.238 e. The lowest BCUT2D eigenvalue weighted by molar-refractivity contribution is 0.400. The van der Waals surface area contributed by atoms with Gasteiger partial charge in [-0.2, -0.15) is 0 Å². The summed E-state index contributed by atoms with van der Waals surface area (Å²) in [4.78, 5) is 17.2. The van der Waals surface area contributed by atoms with Crippen molar-refractivity contribution in [1.82, 2.24) is 19.9 Å². The molecule has 1 aliphatic carbocycles. The molecular formula is C22H19N5O3S. The molecule has 1 N–H and O–H groups in total. The molecule has 156 valence electrons. The van der Waals surface area contributed by atoms with Gasteiger partial charge in [0.2, 0.25) is 15.9 Å². The molecule has 3 heterocycles. The van der Waals surface area contributed by atoms with E-state index in [0.717, 1.165) is 33.3 Å². The topological polar surface area (TPSA) is 107 Å². The lowest BCUT2D eigenvalue weighted by Crippen LogP contribution is -2.18. The Morgan fingerprint density at radius 1 is 0.968 bits per heavy atom. The molecule has 8 nitrogen and oxygen atoms in total. The maximum Gasteiger partial charge on any atom is 0.238 e. The molecule has 0 amide bonds. The van der Waals surface area contributed by atoms with Crippen LogP contribution >= 0.6 is 0 Å². The molecule has 0 saturated heterocycles. The van der Waals surface area contributed by atoms with Crippen molar-refractivity contribution in [1.29, 1.82) is 0 Å². The first-order chi connectivity index (χ1) is 15.0. The van der Waals surface area contributed by atoms with Crippen molar-refractivity contribution < 1.29 is 13.2 Å². The van der Waals surface area contributed by atoms with Gasteiger partial charge >= 0.3 is 0 Å². The number of ether oxygens (including phenoxy) is 1. The monoisotopic (exact) mass is 433 g/mol. The van der Waals surface area contributed by atoms with Crippen LogP contribution in [0.1, 0.15) is 12.8 Å². The minimum atomic E-state index is -3.45. The van der Waals surface area contributed by atoms with Crippen LogP contribution in [0, 0.1) is 0 Å². The SMILES string of the molecule is COc1ncc(-c2ccc3ncnc(-c4ccncc4)c3c2)cc1NS(=O)(=O)C1CC1. The lowest BCUT2D eigenvalue weighted by Gasteiger charge is -2.13. The summed E-state index contributed by atoms with van der Waals surface area (Å²) < 4.78 is 32.8. The highest BCUT2D eigenvalue weighted by molar-refractivity contribution is 7.93. The van der Waals surface area contributed by atoms with Crippen molar-refractivity contribution in [2.24, 2.45) is 0 Å². The van der Waals surface area contributed by atoms with Gasteiger partial charge in [0.15, 0.2) is 0 Å². The fraction of sp³-hybridized carbons (Fsp3) is 0.182. The molecule has 4 aromatic rings. The Balaban J connectivity index is 1.60. The van der Waals surface area contributed by atoms with Crippen LogP contribution in [0.2, 0.25) is 0 Å². The summed E-state index contributed by atoms with van der Waals surface area (Å²) in [5.74, 6) is 0.231. The molecule has 5 rings (SSSR count). The van der Waals surface area contributed by atoms with E-state index >= 15 is 0 Å². The van der Waals surface area contributed by atoms with E-state index < -0.39 is 10.0 Å². The molecular weight excluding hydrogens is 414 g/mol. The lowest BCUT2D eigenvalue weighted by atomic mass is 10.0. The van der Waals surface area contributed by atoms with E-state index in [1.165, 1.54) is 13.4 Å². The predicted molar refractivity (Wildman–Crippen MR) is 118 cm³/mol. The first kappa shape index (κ1) is 19.4. The van der Waals surface area contributed by atoms with Crippen LogP contribution < -0.4 is 9.46 Å². The van der Waals surface area contributed by atoms with Gasteiger partial charge < -0.3 is 4.74 Å². The first-order valence-electron chi connectivity index (χ1n) is 9.76. The third-order valence-electron chi connectivity index (χ3n) is 5.18. The number of fused-ring (bicyclic) bond motifs is 1. The van der Waals surface area contributed by atoms with Gasteiger partial charge in [-0.05, 0) is 48.7 Å². The van der Waals surface area contributed by atoms with E-state index in [0.29, 0.717) is 18.5 Å². The number of methoxy groups -OCH3 is 1. The van der Waals surface area contributed by atoms with Crippen LogP contribution in [0.15, 0.2) is 61.3 Å². The fourth-order valence-electron chi connectivity index (χ4n) is 3.44. The van der Waals surface area contributed by atoms with Crippen molar-refractivity contribution >= 4 is 26.6 Å². The van der Waals surface area contributed by atoms with Gasteiger partial charge in [-0.25, -0.2) is 23.4 Å². The number of nitrogens with one attached hydrogen (secondary N) is 1. The maximum absolute atomic E-state index is 12.4. The number of hydrogen-bond donors (Lipinski definition) is 1. The molecule has 1 aromatic carbocycles. The summed E-state index contributed by atoms with van der Waals surface area (Å²) >= 11 is 0. The second kappa shape index (κ2) is 7.59. The molecule has 9 heteroatoms. The van der Waals surface area contributed by atoms with Crippen LogP contribution in [0.4, 0.5) is 5.69 Å². The van der Waals surface area contributed by atoms with E-state index in [2.05, 4.69) is 24.7 Å². The van der Waals surface area contributed by atoms with Crippen molar-refractivity contribution in [3.8, 4) is 28.3 Å². The minimum Gasteiger partial charge on any atom is -0.480 e. The largest absolute Gasteiger partial charge is 0.480 e. The molecule has 3 aromatic heterocycles. The molecule has 1 aliphatic rings. The molecule has 0 spiro atoms. The molecule has 0 unspecified atom stereocenters. The van der Waals surface area contributed by atoms with Crippen LogP contribution in [-0.4, -0.2) is 40.7 Å². The second-order valence-corrected chi connectivity index (χ2v) is 9.28. The summed E-state index contributed by atoms with van der Waals surface area (Å²) in [6.45, 7) is 0. The van der Waals surface area contributed by atoms with Gasteiger partial charge in [-0.15, -0.1) is 0 Å². The van der Waals surface area contributed by atoms with Crippen LogP contribution in [0.25, 0.3) is 33.3 Å². The standard InChI is InChI=1S/C22H19N5O3S/c1-30-22-20(27-31(28,29)17-3-4-17)11-16(12-24-22)15-2-5-19-18(10-15)21(26-13-25-19)14-6-8-23-9-7-14/h2,5-13,17,27H,3-4H2,1H3. The average Bonchev–Trinajstić information content (AvgIpc) is 3.65. The third-order valence-corrected chi connectivity index (χ3v) is 7.04. The summed E-state index contributed by atoms with van der Waals surface area (Å²) in [5, 5.41) is 0.531. The fourth-order valence-corrected chi connectivity index (χ4v) is 4.81. The van der Waals surface area contributed by atoms with Crippen molar-refractivity contribution in [3.05, 3.63) is 61.3 Å². The van der Waals surface area contributed by atoms with Gasteiger partial charge in [-0.3, -0.25) is 9.71 Å². The van der Waals surface area contributed by atoms with Crippen molar-refractivity contribution in [2.75, 3.05) is 11.8 Å². The van der Waals surface area contributed by atoms with Gasteiger partial charge in [-0.1, -0.05) is 6.07 Å². The summed E-state index contributed by atoms with van der Waals surface area (Å²) in [7, 11) is -1.98. The normalized spacial score (nSPS) is 13.8. The number of rotatable bonds is 6. The van der Waals surface area contributed by atoms with Crippen molar-refractivity contribution in [2.45, 2.75) is 18.1 Å². The summed E-state index contributed by atoms with van der Waals surface area (Å²) in [6.07, 6.45) is 7.99. The highest BCUT2D eigenvalue weighted by Crippen LogP contribution is 2.35. The Kier molecular flexibility index (Phi) is 4.74. The molecule has 1 fully saturated rings. The zero-order chi connectivity index (χ0) is 21.4. The number of hydrogen-bond acceptors (Lipinski definition) is 7. The highest BCUT2D eigenvalue weighted by Gasteiger charge is 2.36. The Bertz CT molecular complexity index is 1370. The Morgan fingerprint density at radius 3 is 2.52 bits per heavy atom. The van der Waals surface area contributed by atoms with E-state index in [4.69, 9.17) is 4.74 Å². The number of benzene rings is 1. The van der Waals surface area contributed by atoms with E-state index in [1.54, 1.807) is 24.7 Å². The molecule has 0 radical (unpaired) electrons. The molecule has 1 saturated carbocycles. The summed E-state index contributed by atoms with van der Waals surface area (Å²) in [6, 6.07) is 11.3. The zero-order valence-corrected chi connectivity index (χ0v) is 17.5. The van der Waals surface area contributed by atoms with Gasteiger partial charge in [0.1, 0.15) is 12.0 Å². The van der Waals surface area contributed by atoms with E-state index in [9.17, 15) is 8.42 Å². The predicted octanol–water partition coefficient (Wildman–Crippen LogP) is 3.67. The maximum atomic E-state index is 12.4. The van der Waals surface area contributed by atoms with Crippen LogP contribution in [0.3, 0.4) is 0 Å². The van der Waals surface area contributed by atoms with Gasteiger partial charge in [0, 0.05) is 35.1 Å². The third kappa shape index (κ3) is 3.79. The van der Waals surface area contributed by atoms with Gasteiger partial charge in [0.25, 0.3) is 0 Å². The number of nitrogens with zero attached hydrogens (tertiary/aromatic N) is 4. The van der Waals surface area contributed by atoms with Crippen molar-refractivity contribution in [3.63, 3.8) is 0 Å². The zero-order valence-electron chi connectivity index (χ0n) is 16.7. The Labute approximate surface area is 179 Å². The Morgan fingerprint density at radius 2 is 1.77 bits per heavy atom. The molecule has 0 bridgehead atoms. The quantitative estimate of drug-likeness (QED) is 0.494. The summed E-state index contributed by atoms with van der Waals surface area (Å²) in [5.41, 5.74) is 4.48. The molecule has 0 aliphatic heterocycles. The first-order valence-corrected chi connectivity index (χ1v) is 11.3. The van der Waals surface area contributed by atoms with Gasteiger partial charge in [0.05, 0.1) is 23.6 Å². The number of aromatic nitrogens is 4.